The van der Waals surface area contributed by atoms with E-state index in [2.05, 4.69) is 36.6 Å². The van der Waals surface area contributed by atoms with E-state index in [4.69, 9.17) is 5.84 Å². The molecule has 0 spiro atoms. The molecule has 0 aliphatic rings. The number of nitrogens with one attached hydrogen (secondary N) is 2. The summed E-state index contributed by atoms with van der Waals surface area (Å²) in [6.45, 7) is 1.94. The second-order valence-corrected chi connectivity index (χ2v) is 4.77. The van der Waals surface area contributed by atoms with Gasteiger partial charge >= 0.3 is 5.69 Å². The number of aryl methyl sites for hydroxylation is 1. The molecule has 0 atom stereocenters. The molecule has 0 fully saturated rings. The van der Waals surface area contributed by atoms with Crippen molar-refractivity contribution in [3.8, 4) is 0 Å². The van der Waals surface area contributed by atoms with E-state index in [0.29, 0.717) is 5.69 Å². The number of nitrogens with zero attached hydrogens (tertiary/aromatic N) is 3. The standard InChI is InChI=1S/C11H11BrN6O2/c1-6-2-3-7(4-8(6)12)15-10-9(18(19)20)5-14-11(16-10)17-13/h2-5H,13H2,1H3,(H2,14,15,16,17). The molecular formula is C11H11BrN6O2. The Hall–Kier alpha value is -2.26. The Morgan fingerprint density at radius 3 is 2.80 bits per heavy atom. The van der Waals surface area contributed by atoms with Gasteiger partial charge in [-0.2, -0.15) is 4.98 Å². The van der Waals surface area contributed by atoms with E-state index in [-0.39, 0.29) is 17.5 Å². The molecule has 0 amide bonds. The van der Waals surface area contributed by atoms with Crippen molar-refractivity contribution in [3.63, 3.8) is 0 Å². The highest BCUT2D eigenvalue weighted by Crippen LogP contribution is 2.28. The van der Waals surface area contributed by atoms with Crippen LogP contribution >= 0.6 is 15.9 Å². The summed E-state index contributed by atoms with van der Waals surface area (Å²) in [5, 5.41) is 13.8. The topological polar surface area (TPSA) is 119 Å². The smallest absolute Gasteiger partial charge is 0.329 e. The maximum Gasteiger partial charge on any atom is 0.329 e. The number of hydrogen-bond acceptors (Lipinski definition) is 7. The van der Waals surface area contributed by atoms with Gasteiger partial charge in [0.2, 0.25) is 11.8 Å². The zero-order valence-corrected chi connectivity index (χ0v) is 12.0. The van der Waals surface area contributed by atoms with Crippen molar-refractivity contribution in [3.05, 3.63) is 44.5 Å². The molecule has 1 aromatic heterocycles. The second kappa shape index (κ2) is 5.80. The Morgan fingerprint density at radius 1 is 1.45 bits per heavy atom. The number of nitro groups is 1. The Balaban J connectivity index is 2.40. The molecule has 1 aromatic carbocycles. The number of hydrogen-bond donors (Lipinski definition) is 3. The van der Waals surface area contributed by atoms with Crippen LogP contribution in [0.3, 0.4) is 0 Å². The quantitative estimate of drug-likeness (QED) is 0.445. The van der Waals surface area contributed by atoms with Crippen molar-refractivity contribution in [2.45, 2.75) is 6.92 Å². The Bertz CT molecular complexity index is 663. The summed E-state index contributed by atoms with van der Waals surface area (Å²) in [4.78, 5) is 18.1. The van der Waals surface area contributed by atoms with Crippen LogP contribution in [0.5, 0.6) is 0 Å². The number of benzene rings is 1. The van der Waals surface area contributed by atoms with Crippen LogP contribution in [-0.4, -0.2) is 14.9 Å². The van der Waals surface area contributed by atoms with Gasteiger partial charge in [0.15, 0.2) is 0 Å². The average molecular weight is 339 g/mol. The van der Waals surface area contributed by atoms with E-state index < -0.39 is 4.92 Å². The molecule has 8 nitrogen and oxygen atoms in total. The van der Waals surface area contributed by atoms with Gasteiger partial charge in [-0.15, -0.1) is 0 Å². The molecule has 104 valence electrons. The number of aromatic nitrogens is 2. The predicted octanol–water partition coefficient (Wildman–Crippen LogP) is 2.48. The van der Waals surface area contributed by atoms with Gasteiger partial charge in [0.1, 0.15) is 6.20 Å². The summed E-state index contributed by atoms with van der Waals surface area (Å²) in [6, 6.07) is 5.47. The molecule has 0 unspecified atom stereocenters. The van der Waals surface area contributed by atoms with Gasteiger partial charge in [0, 0.05) is 10.2 Å². The van der Waals surface area contributed by atoms with Crippen LogP contribution in [0.1, 0.15) is 5.56 Å². The maximum absolute atomic E-state index is 11.0. The van der Waals surface area contributed by atoms with Crippen LogP contribution in [0.4, 0.5) is 23.1 Å². The molecule has 0 saturated heterocycles. The molecule has 2 rings (SSSR count). The number of anilines is 3. The van der Waals surface area contributed by atoms with Gasteiger partial charge in [-0.25, -0.2) is 10.8 Å². The minimum Gasteiger partial charge on any atom is -0.334 e. The lowest BCUT2D eigenvalue weighted by Gasteiger charge is -2.08. The Kier molecular flexibility index (Phi) is 4.11. The molecule has 0 radical (unpaired) electrons. The highest BCUT2D eigenvalue weighted by atomic mass is 79.9. The summed E-state index contributed by atoms with van der Waals surface area (Å²) < 4.78 is 0.886. The fourth-order valence-corrected chi connectivity index (χ4v) is 1.86. The normalized spacial score (nSPS) is 10.2. The largest absolute Gasteiger partial charge is 0.334 e. The van der Waals surface area contributed by atoms with Gasteiger partial charge < -0.3 is 5.32 Å². The lowest BCUT2D eigenvalue weighted by molar-refractivity contribution is -0.384. The molecule has 1 heterocycles. The van der Waals surface area contributed by atoms with Crippen LogP contribution in [0, 0.1) is 17.0 Å². The van der Waals surface area contributed by atoms with Gasteiger partial charge in [0.05, 0.1) is 4.92 Å². The first-order chi connectivity index (χ1) is 9.51. The molecule has 0 bridgehead atoms. The van der Waals surface area contributed by atoms with Gasteiger partial charge in [-0.1, -0.05) is 22.0 Å². The van der Waals surface area contributed by atoms with Crippen LogP contribution in [0.15, 0.2) is 28.9 Å². The number of rotatable bonds is 4. The Morgan fingerprint density at radius 2 is 2.20 bits per heavy atom. The van der Waals surface area contributed by atoms with E-state index in [1.165, 1.54) is 0 Å². The highest BCUT2D eigenvalue weighted by Gasteiger charge is 2.17. The van der Waals surface area contributed by atoms with E-state index in [1.807, 2.05) is 13.0 Å². The first-order valence-electron chi connectivity index (χ1n) is 5.52. The lowest BCUT2D eigenvalue weighted by atomic mass is 10.2. The molecule has 0 aliphatic heterocycles. The molecule has 9 heteroatoms. The van der Waals surface area contributed by atoms with E-state index in [1.54, 1.807) is 12.1 Å². The van der Waals surface area contributed by atoms with Crippen molar-refractivity contribution in [2.24, 2.45) is 5.84 Å². The lowest BCUT2D eigenvalue weighted by Crippen LogP contribution is -2.12. The third-order valence-electron chi connectivity index (χ3n) is 2.53. The molecule has 20 heavy (non-hydrogen) atoms. The SMILES string of the molecule is Cc1ccc(Nc2nc(NN)ncc2[N+](=O)[O-])cc1Br. The third-order valence-corrected chi connectivity index (χ3v) is 3.38. The monoisotopic (exact) mass is 338 g/mol. The van der Waals surface area contributed by atoms with Gasteiger partial charge in [0.25, 0.3) is 0 Å². The van der Waals surface area contributed by atoms with Crippen molar-refractivity contribution in [1.82, 2.24) is 9.97 Å². The number of hydrazine groups is 1. The first kappa shape index (κ1) is 14.2. The fourth-order valence-electron chi connectivity index (χ4n) is 1.48. The van der Waals surface area contributed by atoms with Crippen molar-refractivity contribution < 1.29 is 4.92 Å². The molecule has 0 saturated carbocycles. The zero-order valence-electron chi connectivity index (χ0n) is 10.4. The Labute approximate surface area is 122 Å². The minimum absolute atomic E-state index is 0.0636. The third kappa shape index (κ3) is 3.00. The highest BCUT2D eigenvalue weighted by molar-refractivity contribution is 9.10. The number of halogens is 1. The van der Waals surface area contributed by atoms with Crippen molar-refractivity contribution >= 4 is 39.1 Å². The minimum atomic E-state index is -0.564. The molecular weight excluding hydrogens is 328 g/mol. The molecule has 4 N–H and O–H groups in total. The summed E-state index contributed by atoms with van der Waals surface area (Å²) in [5.74, 6) is 5.35. The molecule has 0 aliphatic carbocycles. The predicted molar refractivity (Wildman–Crippen MR) is 78.7 cm³/mol. The number of nitrogen functional groups attached to an aromatic ring is 1. The summed E-state index contributed by atoms with van der Waals surface area (Å²) >= 11 is 3.40. The van der Waals surface area contributed by atoms with E-state index in [0.717, 1.165) is 16.2 Å². The number of nitrogens with two attached hydrogens (primary N) is 1. The van der Waals surface area contributed by atoms with Crippen LogP contribution in [0.2, 0.25) is 0 Å². The zero-order chi connectivity index (χ0) is 14.7. The van der Waals surface area contributed by atoms with Crippen molar-refractivity contribution in [2.75, 3.05) is 10.7 Å². The summed E-state index contributed by atoms with van der Waals surface area (Å²) in [5.41, 5.74) is 3.72. The van der Waals surface area contributed by atoms with E-state index in [9.17, 15) is 10.1 Å². The summed E-state index contributed by atoms with van der Waals surface area (Å²) in [7, 11) is 0. The summed E-state index contributed by atoms with van der Waals surface area (Å²) in [6.07, 6.45) is 1.09. The van der Waals surface area contributed by atoms with Gasteiger partial charge in [-0.05, 0) is 24.6 Å². The van der Waals surface area contributed by atoms with Crippen molar-refractivity contribution in [1.29, 1.82) is 0 Å². The first-order valence-corrected chi connectivity index (χ1v) is 6.32. The van der Waals surface area contributed by atoms with Gasteiger partial charge in [-0.3, -0.25) is 15.5 Å². The van der Waals surface area contributed by atoms with Crippen LogP contribution < -0.4 is 16.6 Å². The molecule has 2 aromatic rings. The van der Waals surface area contributed by atoms with Crippen LogP contribution in [-0.2, 0) is 0 Å². The average Bonchev–Trinajstić information content (AvgIpc) is 2.42. The fraction of sp³-hybridized carbons (Fsp3) is 0.0909. The van der Waals surface area contributed by atoms with Crippen LogP contribution in [0.25, 0.3) is 0 Å². The maximum atomic E-state index is 11.0. The second-order valence-electron chi connectivity index (χ2n) is 3.92. The van der Waals surface area contributed by atoms with E-state index >= 15 is 0 Å².